The molecule has 2 nitrogen and oxygen atoms in total. The molecule has 2 aromatic rings. The molecule has 0 spiro atoms. The van der Waals surface area contributed by atoms with Crippen LogP contribution in [0, 0.1) is 41.5 Å². The van der Waals surface area contributed by atoms with Crippen LogP contribution in [0.15, 0.2) is 24.3 Å². The third kappa shape index (κ3) is 2.62. The van der Waals surface area contributed by atoms with Crippen LogP contribution in [0.25, 0.3) is 0 Å². The molecule has 1 heterocycles. The van der Waals surface area contributed by atoms with Crippen molar-refractivity contribution in [1.29, 1.82) is 0 Å². The third-order valence-electron chi connectivity index (χ3n) is 4.44. The van der Waals surface area contributed by atoms with E-state index in [1.807, 2.05) is 0 Å². The van der Waals surface area contributed by atoms with E-state index in [0.29, 0.717) is 0 Å². The summed E-state index contributed by atoms with van der Waals surface area (Å²) < 4.78 is 12.2. The molecule has 0 bridgehead atoms. The molecule has 112 valence electrons. The van der Waals surface area contributed by atoms with E-state index in [1.165, 1.54) is 44.3 Å². The Balaban J connectivity index is 1.84. The average Bonchev–Trinajstić information content (AvgIpc) is 2.32. The Bertz CT molecular complexity index is 626. The highest BCUT2D eigenvalue weighted by molar-refractivity contribution is 6.87. The lowest BCUT2D eigenvalue weighted by molar-refractivity contribution is 0.307. The number of hydrogen-bond acceptors (Lipinski definition) is 2. The molecule has 0 aliphatic carbocycles. The Morgan fingerprint density at radius 1 is 0.545 bits per heavy atom. The average molecular weight is 292 g/mol. The molecule has 3 rings (SSSR count). The van der Waals surface area contributed by atoms with Gasteiger partial charge in [0.15, 0.2) is 0 Å². The lowest BCUT2D eigenvalue weighted by Gasteiger charge is -2.35. The van der Waals surface area contributed by atoms with Crippen LogP contribution in [0.3, 0.4) is 0 Å². The predicted molar refractivity (Wildman–Crippen MR) is 94.3 cm³/mol. The minimum absolute atomic E-state index is 0.245. The fourth-order valence-electron chi connectivity index (χ4n) is 3.63. The van der Waals surface area contributed by atoms with Gasteiger partial charge in [-0.15, -0.1) is 0 Å². The summed E-state index contributed by atoms with van der Waals surface area (Å²) in [6.45, 7) is 12.7. The summed E-state index contributed by atoms with van der Waals surface area (Å²) in [5, 5.41) is 0. The van der Waals surface area contributed by atoms with E-state index in [2.05, 4.69) is 65.8 Å². The predicted octanol–water partition coefficient (Wildman–Crippen LogP) is 2.67. The monoisotopic (exact) mass is 292 g/mol. The third-order valence-corrected chi connectivity index (χ3v) is 4.44. The molecule has 1 aliphatic heterocycles. The maximum atomic E-state index is 6.09. The summed E-state index contributed by atoms with van der Waals surface area (Å²) in [6.07, 6.45) is 0. The fraction of sp³-hybridized carbons (Fsp3) is 0.333. The molecule has 1 aliphatic rings. The minimum Gasteiger partial charge on any atom is -0.445 e. The van der Waals surface area contributed by atoms with E-state index in [9.17, 15) is 0 Å². The lowest BCUT2D eigenvalue weighted by atomic mass is 9.58. The molecule has 0 aromatic heterocycles. The van der Waals surface area contributed by atoms with Crippen molar-refractivity contribution in [2.45, 2.75) is 41.5 Å². The molecule has 0 radical (unpaired) electrons. The van der Waals surface area contributed by atoms with Crippen molar-refractivity contribution in [2.75, 3.05) is 0 Å². The van der Waals surface area contributed by atoms with E-state index in [0.717, 1.165) is 0 Å². The Morgan fingerprint density at radius 2 is 0.818 bits per heavy atom. The molecule has 2 aromatic carbocycles. The molecule has 0 N–H and O–H groups in total. The van der Waals surface area contributed by atoms with Crippen LogP contribution in [0.1, 0.15) is 33.4 Å². The number of hydrogen-bond donors (Lipinski definition) is 0. The Hall–Kier alpha value is -1.51. The quantitative estimate of drug-likeness (QED) is 0.792. The van der Waals surface area contributed by atoms with Crippen molar-refractivity contribution in [1.82, 2.24) is 0 Å². The van der Waals surface area contributed by atoms with Gasteiger partial charge in [-0.25, -0.2) is 0 Å². The Morgan fingerprint density at radius 3 is 1.09 bits per heavy atom. The van der Waals surface area contributed by atoms with Crippen molar-refractivity contribution < 1.29 is 9.14 Å². The van der Waals surface area contributed by atoms with Gasteiger partial charge in [0.1, 0.15) is 0 Å². The molecule has 1 saturated heterocycles. The zero-order valence-corrected chi connectivity index (χ0v) is 14.3. The van der Waals surface area contributed by atoms with E-state index in [1.54, 1.807) is 0 Å². The van der Waals surface area contributed by atoms with Crippen molar-refractivity contribution in [3.63, 3.8) is 0 Å². The summed E-state index contributed by atoms with van der Waals surface area (Å²) in [6, 6.07) is 8.74. The first-order valence-corrected chi connectivity index (χ1v) is 7.83. The number of aryl methyl sites for hydroxylation is 6. The van der Waals surface area contributed by atoms with E-state index in [4.69, 9.17) is 9.14 Å². The van der Waals surface area contributed by atoms with Gasteiger partial charge in [0, 0.05) is 0 Å². The molecule has 0 atom stereocenters. The second-order valence-corrected chi connectivity index (χ2v) is 6.56. The maximum absolute atomic E-state index is 6.09. The fourth-order valence-corrected chi connectivity index (χ4v) is 3.63. The molecular formula is C18H22B2O2. The van der Waals surface area contributed by atoms with Crippen molar-refractivity contribution in [3.05, 3.63) is 57.6 Å². The van der Waals surface area contributed by atoms with Gasteiger partial charge in [-0.3, -0.25) is 0 Å². The Labute approximate surface area is 134 Å². The molecule has 0 saturated carbocycles. The van der Waals surface area contributed by atoms with Gasteiger partial charge < -0.3 is 9.14 Å². The molecule has 1 fully saturated rings. The van der Waals surface area contributed by atoms with Gasteiger partial charge in [-0.1, -0.05) is 57.6 Å². The van der Waals surface area contributed by atoms with Crippen LogP contribution in [-0.4, -0.2) is 14.2 Å². The molecule has 0 unspecified atom stereocenters. The van der Waals surface area contributed by atoms with Crippen molar-refractivity contribution in [2.24, 2.45) is 0 Å². The minimum atomic E-state index is -0.245. The normalized spacial score (nSPS) is 14.3. The lowest BCUT2D eigenvalue weighted by Crippen LogP contribution is -2.63. The van der Waals surface area contributed by atoms with Crippen LogP contribution in [0.5, 0.6) is 0 Å². The highest BCUT2D eigenvalue weighted by Gasteiger charge is 2.45. The van der Waals surface area contributed by atoms with Gasteiger partial charge in [0.05, 0.1) is 0 Å². The summed E-state index contributed by atoms with van der Waals surface area (Å²) in [7, 11) is -0.489. The van der Waals surface area contributed by atoms with E-state index >= 15 is 0 Å². The van der Waals surface area contributed by atoms with Gasteiger partial charge in [0.25, 0.3) is 0 Å². The number of benzene rings is 2. The summed E-state index contributed by atoms with van der Waals surface area (Å²) >= 11 is 0. The summed E-state index contributed by atoms with van der Waals surface area (Å²) in [4.78, 5) is 0. The molecule has 0 amide bonds. The summed E-state index contributed by atoms with van der Waals surface area (Å²) in [5.41, 5.74) is 9.83. The Kier molecular flexibility index (Phi) is 3.92. The van der Waals surface area contributed by atoms with Crippen LogP contribution < -0.4 is 10.9 Å². The first-order valence-electron chi connectivity index (χ1n) is 7.83. The first-order chi connectivity index (χ1) is 10.4. The standard InChI is InChI=1S/C18H22B2O2/c1-11-7-13(3)17(14(4)8-11)19-21-20(22-19)18-15(5)9-12(2)10-16(18)6/h7-10H,1-6H3. The largest absolute Gasteiger partial charge is 0.467 e. The highest BCUT2D eigenvalue weighted by atomic mass is 16.7. The smallest absolute Gasteiger partial charge is 0.445 e. The molecule has 22 heavy (non-hydrogen) atoms. The molecular weight excluding hydrogens is 270 g/mol. The van der Waals surface area contributed by atoms with Gasteiger partial charge >= 0.3 is 14.2 Å². The van der Waals surface area contributed by atoms with Crippen LogP contribution in [0.2, 0.25) is 0 Å². The van der Waals surface area contributed by atoms with E-state index in [-0.39, 0.29) is 14.2 Å². The topological polar surface area (TPSA) is 18.5 Å². The van der Waals surface area contributed by atoms with Crippen LogP contribution >= 0.6 is 0 Å². The summed E-state index contributed by atoms with van der Waals surface area (Å²) in [5.74, 6) is 0. The van der Waals surface area contributed by atoms with Crippen LogP contribution in [-0.2, 0) is 9.14 Å². The van der Waals surface area contributed by atoms with Gasteiger partial charge in [-0.2, -0.15) is 0 Å². The highest BCUT2D eigenvalue weighted by Crippen LogP contribution is 2.18. The van der Waals surface area contributed by atoms with Crippen LogP contribution in [0.4, 0.5) is 0 Å². The second-order valence-electron chi connectivity index (χ2n) is 6.56. The SMILES string of the molecule is Cc1cc(C)c(B2OB(c3c(C)cc(C)cc3C)O2)c(C)c1. The maximum Gasteiger partial charge on any atom is 0.467 e. The molecule has 4 heteroatoms. The van der Waals surface area contributed by atoms with Crippen molar-refractivity contribution >= 4 is 25.2 Å². The first kappa shape index (κ1) is 15.4. The zero-order chi connectivity index (χ0) is 16.0. The second kappa shape index (κ2) is 5.60. The number of rotatable bonds is 2. The zero-order valence-electron chi connectivity index (χ0n) is 14.3. The van der Waals surface area contributed by atoms with Gasteiger partial charge in [0.2, 0.25) is 0 Å². The van der Waals surface area contributed by atoms with Crippen molar-refractivity contribution in [3.8, 4) is 0 Å². The van der Waals surface area contributed by atoms with E-state index < -0.39 is 0 Å². The van der Waals surface area contributed by atoms with Gasteiger partial charge in [-0.05, 0) is 52.5 Å².